The Labute approximate surface area is 101 Å². The van der Waals surface area contributed by atoms with E-state index in [1.165, 1.54) is 12.1 Å². The lowest BCUT2D eigenvalue weighted by atomic mass is 10.3. The Morgan fingerprint density at radius 1 is 1.56 bits per heavy atom. The molecule has 1 aliphatic heterocycles. The minimum absolute atomic E-state index is 0.0473. The van der Waals surface area contributed by atoms with Gasteiger partial charge in [0.15, 0.2) is 0 Å². The van der Waals surface area contributed by atoms with Gasteiger partial charge in [-0.15, -0.1) is 9.24 Å². The van der Waals surface area contributed by atoms with Crippen LogP contribution in [0.15, 0.2) is 28.0 Å². The van der Waals surface area contributed by atoms with Gasteiger partial charge in [-0.25, -0.2) is 0 Å². The summed E-state index contributed by atoms with van der Waals surface area (Å²) in [7, 11) is -1.40. The first-order chi connectivity index (χ1) is 7.43. The van der Waals surface area contributed by atoms with E-state index in [0.717, 1.165) is 17.1 Å². The Morgan fingerprint density at radius 2 is 2.25 bits per heavy atom. The Hall–Kier alpha value is -0.290. The predicted molar refractivity (Wildman–Crippen MR) is 68.6 cm³/mol. The topological polar surface area (TPSA) is 57.6 Å². The molecule has 1 aromatic rings. The van der Waals surface area contributed by atoms with Crippen LogP contribution in [-0.4, -0.2) is 24.6 Å². The molecule has 0 fully saturated rings. The summed E-state index contributed by atoms with van der Waals surface area (Å²) < 4.78 is 30.9. The molecule has 16 heavy (non-hydrogen) atoms. The molecular formula is C9H12NO3PS2. The van der Waals surface area contributed by atoms with E-state index in [1.807, 2.05) is 6.92 Å². The van der Waals surface area contributed by atoms with Crippen LogP contribution in [-0.2, 0) is 10.1 Å². The number of anilines is 1. The standard InChI is InChI=1S/C9H12NO3PS2/c1-2-10-7-4-3-6(16(11,12)13)5-8(7)15-9(10)14/h3-5,9H,2,14H2,1H3,(H,11,12,13). The highest BCUT2D eigenvalue weighted by Gasteiger charge is 2.27. The summed E-state index contributed by atoms with van der Waals surface area (Å²) in [6.45, 7) is 2.91. The van der Waals surface area contributed by atoms with Crippen molar-refractivity contribution in [2.45, 2.75) is 21.8 Å². The third kappa shape index (κ3) is 2.07. The van der Waals surface area contributed by atoms with Crippen molar-refractivity contribution >= 4 is 36.8 Å². The van der Waals surface area contributed by atoms with Crippen molar-refractivity contribution in [1.29, 1.82) is 0 Å². The summed E-state index contributed by atoms with van der Waals surface area (Å²) in [6, 6.07) is 4.68. The van der Waals surface area contributed by atoms with E-state index in [4.69, 9.17) is 4.55 Å². The van der Waals surface area contributed by atoms with Gasteiger partial charge in [0.05, 0.1) is 15.7 Å². The van der Waals surface area contributed by atoms with E-state index in [0.29, 0.717) is 0 Å². The molecule has 1 aliphatic rings. The summed E-state index contributed by atoms with van der Waals surface area (Å²) >= 11 is 1.57. The average molecular weight is 277 g/mol. The molecule has 0 bridgehead atoms. The van der Waals surface area contributed by atoms with Crippen LogP contribution in [0.4, 0.5) is 5.69 Å². The molecule has 0 saturated carbocycles. The fourth-order valence-electron chi connectivity index (χ4n) is 1.67. The highest BCUT2D eigenvalue weighted by molar-refractivity contribution is 8.03. The fourth-order valence-corrected chi connectivity index (χ4v) is 4.21. The van der Waals surface area contributed by atoms with Gasteiger partial charge in [-0.05, 0) is 25.1 Å². The molecule has 0 saturated heterocycles. The normalized spacial score (nSPS) is 19.9. The lowest BCUT2D eigenvalue weighted by molar-refractivity contribution is 0.483. The first-order valence-electron chi connectivity index (χ1n) is 4.74. The molecule has 1 N–H and O–H groups in total. The SMILES string of the molecule is CCN1c2ccc(S(=O)(=O)O)cc2SC1P. The van der Waals surface area contributed by atoms with Crippen molar-refractivity contribution in [2.75, 3.05) is 11.4 Å². The molecule has 0 radical (unpaired) electrons. The molecule has 7 heteroatoms. The molecular weight excluding hydrogens is 265 g/mol. The van der Waals surface area contributed by atoms with Crippen LogP contribution in [0.25, 0.3) is 0 Å². The number of fused-ring (bicyclic) bond motifs is 1. The number of benzene rings is 1. The van der Waals surface area contributed by atoms with E-state index in [9.17, 15) is 8.42 Å². The Kier molecular flexibility index (Phi) is 3.18. The third-order valence-electron chi connectivity index (χ3n) is 2.43. The molecule has 1 heterocycles. The van der Waals surface area contributed by atoms with Gasteiger partial charge in [-0.2, -0.15) is 8.42 Å². The second kappa shape index (κ2) is 4.18. The monoisotopic (exact) mass is 277 g/mol. The second-order valence-corrected chi connectivity index (χ2v) is 7.09. The zero-order chi connectivity index (χ0) is 11.9. The number of thioether (sulfide) groups is 1. The number of hydrogen-bond acceptors (Lipinski definition) is 4. The highest BCUT2D eigenvalue weighted by Crippen LogP contribution is 2.46. The molecule has 1 aromatic carbocycles. The molecule has 2 rings (SSSR count). The predicted octanol–water partition coefficient (Wildman–Crippen LogP) is 2.02. The van der Waals surface area contributed by atoms with Gasteiger partial charge < -0.3 is 4.90 Å². The van der Waals surface area contributed by atoms with Crippen LogP contribution in [0.1, 0.15) is 6.92 Å². The van der Waals surface area contributed by atoms with Gasteiger partial charge in [0.25, 0.3) is 10.1 Å². The van der Waals surface area contributed by atoms with Crippen LogP contribution in [0.2, 0.25) is 0 Å². The molecule has 2 unspecified atom stereocenters. The van der Waals surface area contributed by atoms with Gasteiger partial charge in [0.2, 0.25) is 0 Å². The van der Waals surface area contributed by atoms with Gasteiger partial charge in [-0.1, -0.05) is 11.8 Å². The largest absolute Gasteiger partial charge is 0.355 e. The Balaban J connectivity index is 2.48. The van der Waals surface area contributed by atoms with E-state index in [2.05, 4.69) is 14.1 Å². The highest BCUT2D eigenvalue weighted by atomic mass is 32.2. The molecule has 2 atom stereocenters. The maximum Gasteiger partial charge on any atom is 0.294 e. The summed E-state index contributed by atoms with van der Waals surface area (Å²) in [4.78, 5) is 2.99. The minimum atomic E-state index is -4.10. The number of nitrogens with zero attached hydrogens (tertiary/aromatic N) is 1. The smallest absolute Gasteiger partial charge is 0.294 e. The molecule has 0 spiro atoms. The van der Waals surface area contributed by atoms with Crippen LogP contribution in [0, 0.1) is 0 Å². The summed E-state index contributed by atoms with van der Waals surface area (Å²) in [6.07, 6.45) is 0. The zero-order valence-electron chi connectivity index (χ0n) is 8.62. The lowest BCUT2D eigenvalue weighted by Gasteiger charge is -2.21. The van der Waals surface area contributed by atoms with Crippen molar-refractivity contribution in [3.05, 3.63) is 18.2 Å². The zero-order valence-corrected chi connectivity index (χ0v) is 11.4. The second-order valence-electron chi connectivity index (χ2n) is 3.40. The first-order valence-corrected chi connectivity index (χ1v) is 7.72. The number of rotatable bonds is 2. The van der Waals surface area contributed by atoms with Crippen molar-refractivity contribution in [3.63, 3.8) is 0 Å². The van der Waals surface area contributed by atoms with Crippen molar-refractivity contribution in [3.8, 4) is 0 Å². The minimum Gasteiger partial charge on any atom is -0.355 e. The van der Waals surface area contributed by atoms with Crippen LogP contribution < -0.4 is 4.90 Å². The third-order valence-corrected chi connectivity index (χ3v) is 5.13. The van der Waals surface area contributed by atoms with Gasteiger partial charge in [-0.3, -0.25) is 4.55 Å². The molecule has 4 nitrogen and oxygen atoms in total. The maximum absolute atomic E-state index is 11.0. The van der Waals surface area contributed by atoms with Crippen molar-refractivity contribution in [1.82, 2.24) is 0 Å². The molecule has 0 aromatic heterocycles. The van der Waals surface area contributed by atoms with Crippen LogP contribution >= 0.6 is 21.0 Å². The fraction of sp³-hybridized carbons (Fsp3) is 0.333. The summed E-state index contributed by atoms with van der Waals surface area (Å²) in [5, 5.41) is 0.219. The average Bonchev–Trinajstić information content (AvgIpc) is 2.50. The quantitative estimate of drug-likeness (QED) is 0.662. The van der Waals surface area contributed by atoms with Gasteiger partial charge >= 0.3 is 0 Å². The molecule has 88 valence electrons. The lowest BCUT2D eigenvalue weighted by Crippen LogP contribution is -2.23. The Bertz CT molecular complexity index is 517. The van der Waals surface area contributed by atoms with E-state index < -0.39 is 10.1 Å². The van der Waals surface area contributed by atoms with Gasteiger partial charge in [0, 0.05) is 11.4 Å². The Morgan fingerprint density at radius 3 is 2.81 bits per heavy atom. The van der Waals surface area contributed by atoms with E-state index in [-0.39, 0.29) is 10.0 Å². The maximum atomic E-state index is 11.0. The molecule has 0 aliphatic carbocycles. The van der Waals surface area contributed by atoms with Crippen LogP contribution in [0.3, 0.4) is 0 Å². The first kappa shape index (κ1) is 12.2. The van der Waals surface area contributed by atoms with Crippen LogP contribution in [0.5, 0.6) is 0 Å². The molecule has 0 amide bonds. The van der Waals surface area contributed by atoms with Crippen molar-refractivity contribution < 1.29 is 13.0 Å². The number of hydrogen-bond donors (Lipinski definition) is 1. The van der Waals surface area contributed by atoms with E-state index >= 15 is 0 Å². The summed E-state index contributed by atoms with van der Waals surface area (Å²) in [5.41, 5.74) is 1.01. The van der Waals surface area contributed by atoms with Gasteiger partial charge in [0.1, 0.15) is 0 Å². The summed E-state index contributed by atoms with van der Waals surface area (Å²) in [5.74, 6) is 0. The van der Waals surface area contributed by atoms with Crippen molar-refractivity contribution in [2.24, 2.45) is 0 Å². The van der Waals surface area contributed by atoms with E-state index in [1.54, 1.807) is 17.8 Å².